The van der Waals surface area contributed by atoms with Crippen molar-refractivity contribution in [2.24, 2.45) is 0 Å². The van der Waals surface area contributed by atoms with Crippen LogP contribution in [0.5, 0.6) is 0 Å². The minimum absolute atomic E-state index is 0.124. The first-order valence-corrected chi connectivity index (χ1v) is 12.7. The number of carbonyl (C=O) groups is 1. The molecule has 164 valence electrons. The van der Waals surface area contributed by atoms with E-state index in [-0.39, 0.29) is 16.6 Å². The summed E-state index contributed by atoms with van der Waals surface area (Å²) in [5.74, 6) is 0.0404. The molecule has 0 atom stereocenters. The summed E-state index contributed by atoms with van der Waals surface area (Å²) in [6, 6.07) is 12.7. The van der Waals surface area contributed by atoms with Gasteiger partial charge in [0.2, 0.25) is 15.9 Å². The van der Waals surface area contributed by atoms with Gasteiger partial charge in [-0.25, -0.2) is 13.4 Å². The van der Waals surface area contributed by atoms with Gasteiger partial charge in [-0.05, 0) is 43.5 Å². The van der Waals surface area contributed by atoms with Crippen LogP contribution in [0.2, 0.25) is 0 Å². The summed E-state index contributed by atoms with van der Waals surface area (Å²) >= 11 is 1.18. The van der Waals surface area contributed by atoms with Crippen molar-refractivity contribution in [2.75, 3.05) is 18.8 Å². The molecule has 9 heteroatoms. The van der Waals surface area contributed by atoms with E-state index in [1.54, 1.807) is 18.2 Å². The summed E-state index contributed by atoms with van der Waals surface area (Å²) in [6.07, 6.45) is 2.84. The van der Waals surface area contributed by atoms with E-state index in [9.17, 15) is 13.2 Å². The van der Waals surface area contributed by atoms with Crippen molar-refractivity contribution in [1.82, 2.24) is 14.6 Å². The van der Waals surface area contributed by atoms with Gasteiger partial charge in [0, 0.05) is 19.6 Å². The van der Waals surface area contributed by atoms with E-state index in [2.05, 4.69) is 10.3 Å². The van der Waals surface area contributed by atoms with Crippen LogP contribution in [-0.2, 0) is 21.4 Å². The molecular weight excluding hydrogens is 434 g/mol. The zero-order chi connectivity index (χ0) is 21.8. The van der Waals surface area contributed by atoms with Crippen molar-refractivity contribution >= 4 is 38.8 Å². The normalized spacial score (nSPS) is 15.3. The number of aromatic nitrogens is 1. The summed E-state index contributed by atoms with van der Waals surface area (Å²) in [4.78, 5) is 16.7. The van der Waals surface area contributed by atoms with Crippen LogP contribution < -0.4 is 5.32 Å². The molecule has 2 aromatic carbocycles. The Bertz CT molecular complexity index is 1170. The fourth-order valence-corrected chi connectivity index (χ4v) is 5.65. The lowest BCUT2D eigenvalue weighted by molar-refractivity contribution is -0.118. The number of rotatable bonds is 7. The Labute approximate surface area is 186 Å². The van der Waals surface area contributed by atoms with Gasteiger partial charge in [0.15, 0.2) is 5.58 Å². The summed E-state index contributed by atoms with van der Waals surface area (Å²) in [5.41, 5.74) is 3.18. The van der Waals surface area contributed by atoms with E-state index in [0.717, 1.165) is 24.8 Å². The second kappa shape index (κ2) is 9.42. The van der Waals surface area contributed by atoms with Gasteiger partial charge in [-0.15, -0.1) is 0 Å². The van der Waals surface area contributed by atoms with Crippen LogP contribution >= 0.6 is 11.8 Å². The first-order valence-electron chi connectivity index (χ1n) is 10.3. The van der Waals surface area contributed by atoms with E-state index in [4.69, 9.17) is 4.42 Å². The van der Waals surface area contributed by atoms with Gasteiger partial charge in [0.05, 0.1) is 10.6 Å². The minimum Gasteiger partial charge on any atom is -0.431 e. The highest BCUT2D eigenvalue weighted by Gasteiger charge is 2.26. The molecule has 0 spiro atoms. The SMILES string of the molecule is Cc1ccc(CNC(=O)CSc2nc3cc(S(=O)(=O)N4CCCCC4)ccc3o2)cc1. The highest BCUT2D eigenvalue weighted by molar-refractivity contribution is 7.99. The summed E-state index contributed by atoms with van der Waals surface area (Å²) in [7, 11) is -3.53. The molecule has 31 heavy (non-hydrogen) atoms. The van der Waals surface area contributed by atoms with Gasteiger partial charge in [-0.1, -0.05) is 48.0 Å². The molecule has 1 aromatic heterocycles. The van der Waals surface area contributed by atoms with Gasteiger partial charge in [0.25, 0.3) is 5.22 Å². The molecule has 3 aromatic rings. The number of thioether (sulfide) groups is 1. The molecular formula is C22H25N3O4S2. The summed E-state index contributed by atoms with van der Waals surface area (Å²) < 4.78 is 32.9. The molecule has 1 aliphatic rings. The molecule has 0 unspecified atom stereocenters. The van der Waals surface area contributed by atoms with Gasteiger partial charge >= 0.3 is 0 Å². The Balaban J connectivity index is 1.37. The fourth-order valence-electron chi connectivity index (χ4n) is 3.45. The molecule has 0 bridgehead atoms. The van der Waals surface area contributed by atoms with Crippen LogP contribution in [0, 0.1) is 6.92 Å². The standard InChI is InChI=1S/C22H25N3O4S2/c1-16-5-7-17(8-6-16)14-23-21(26)15-30-22-24-19-13-18(9-10-20(19)29-22)31(27,28)25-11-3-2-4-12-25/h5-10,13H,2-4,11-12,14-15H2,1H3,(H,23,26). The first kappa shape index (κ1) is 21.9. The average Bonchev–Trinajstić information content (AvgIpc) is 3.20. The number of amides is 1. The second-order valence-electron chi connectivity index (χ2n) is 7.63. The van der Waals surface area contributed by atoms with Gasteiger partial charge in [-0.3, -0.25) is 4.79 Å². The monoisotopic (exact) mass is 459 g/mol. The summed E-state index contributed by atoms with van der Waals surface area (Å²) in [6.45, 7) is 3.59. The number of benzene rings is 2. The van der Waals surface area contributed by atoms with Crippen LogP contribution in [0.4, 0.5) is 0 Å². The molecule has 2 heterocycles. The van der Waals surface area contributed by atoms with Crippen molar-refractivity contribution in [3.63, 3.8) is 0 Å². The van der Waals surface area contributed by atoms with E-state index >= 15 is 0 Å². The van der Waals surface area contributed by atoms with E-state index in [1.165, 1.54) is 21.6 Å². The number of nitrogens with zero attached hydrogens (tertiary/aromatic N) is 2. The molecule has 0 radical (unpaired) electrons. The molecule has 1 saturated heterocycles. The Hall–Kier alpha value is -2.36. The van der Waals surface area contributed by atoms with Crippen LogP contribution in [0.15, 0.2) is 57.0 Å². The number of carbonyl (C=O) groups excluding carboxylic acids is 1. The average molecular weight is 460 g/mol. The number of hydrogen-bond donors (Lipinski definition) is 1. The van der Waals surface area contributed by atoms with Crippen molar-refractivity contribution < 1.29 is 17.6 Å². The Morgan fingerprint density at radius 3 is 2.61 bits per heavy atom. The van der Waals surface area contributed by atoms with Gasteiger partial charge < -0.3 is 9.73 Å². The fraction of sp³-hybridized carbons (Fsp3) is 0.364. The molecule has 0 aliphatic carbocycles. The topological polar surface area (TPSA) is 92.5 Å². The third-order valence-electron chi connectivity index (χ3n) is 5.23. The Morgan fingerprint density at radius 2 is 1.87 bits per heavy atom. The Kier molecular flexibility index (Phi) is 6.64. The van der Waals surface area contributed by atoms with Crippen molar-refractivity contribution in [1.29, 1.82) is 0 Å². The largest absolute Gasteiger partial charge is 0.431 e. The number of hydrogen-bond acceptors (Lipinski definition) is 6. The van der Waals surface area contributed by atoms with E-state index in [1.807, 2.05) is 31.2 Å². The number of piperidine rings is 1. The second-order valence-corrected chi connectivity index (χ2v) is 10.5. The summed E-state index contributed by atoms with van der Waals surface area (Å²) in [5, 5.41) is 3.21. The zero-order valence-electron chi connectivity index (χ0n) is 17.3. The lowest BCUT2D eigenvalue weighted by Gasteiger charge is -2.25. The zero-order valence-corrected chi connectivity index (χ0v) is 19.0. The quantitative estimate of drug-likeness (QED) is 0.542. The number of sulfonamides is 1. The molecule has 1 N–H and O–H groups in total. The lowest BCUT2D eigenvalue weighted by atomic mass is 10.1. The maximum absolute atomic E-state index is 12.9. The number of nitrogens with one attached hydrogen (secondary N) is 1. The lowest BCUT2D eigenvalue weighted by Crippen LogP contribution is -2.35. The highest BCUT2D eigenvalue weighted by atomic mass is 32.2. The predicted molar refractivity (Wildman–Crippen MR) is 120 cm³/mol. The molecule has 1 aliphatic heterocycles. The third kappa shape index (κ3) is 5.28. The van der Waals surface area contributed by atoms with Gasteiger partial charge in [-0.2, -0.15) is 4.31 Å². The number of aryl methyl sites for hydroxylation is 1. The molecule has 1 fully saturated rings. The smallest absolute Gasteiger partial charge is 0.257 e. The van der Waals surface area contributed by atoms with Crippen LogP contribution in [0.25, 0.3) is 11.1 Å². The van der Waals surface area contributed by atoms with Crippen LogP contribution in [0.1, 0.15) is 30.4 Å². The highest BCUT2D eigenvalue weighted by Crippen LogP contribution is 2.27. The molecule has 7 nitrogen and oxygen atoms in total. The van der Waals surface area contributed by atoms with Crippen molar-refractivity contribution in [3.05, 3.63) is 53.6 Å². The maximum atomic E-state index is 12.9. The maximum Gasteiger partial charge on any atom is 0.257 e. The van der Waals surface area contributed by atoms with Crippen molar-refractivity contribution in [3.8, 4) is 0 Å². The molecule has 1 amide bonds. The predicted octanol–water partition coefficient (Wildman–Crippen LogP) is 3.72. The van der Waals surface area contributed by atoms with Crippen LogP contribution in [-0.4, -0.2) is 42.5 Å². The molecule has 0 saturated carbocycles. The Morgan fingerprint density at radius 1 is 1.13 bits per heavy atom. The van der Waals surface area contributed by atoms with Crippen LogP contribution in [0.3, 0.4) is 0 Å². The van der Waals surface area contributed by atoms with E-state index in [0.29, 0.717) is 36.0 Å². The third-order valence-corrected chi connectivity index (χ3v) is 7.95. The first-order chi connectivity index (χ1) is 14.9. The number of oxazole rings is 1. The van der Waals surface area contributed by atoms with Crippen molar-refractivity contribution in [2.45, 2.75) is 42.8 Å². The minimum atomic E-state index is -3.53. The molecule has 4 rings (SSSR count). The van der Waals surface area contributed by atoms with E-state index < -0.39 is 10.0 Å². The number of fused-ring (bicyclic) bond motifs is 1. The van der Waals surface area contributed by atoms with Gasteiger partial charge in [0.1, 0.15) is 5.52 Å².